The molecule has 3 nitrogen and oxygen atoms in total. The smallest absolute Gasteiger partial charge is 0.258 e. The van der Waals surface area contributed by atoms with Crippen molar-refractivity contribution in [3.05, 3.63) is 37.5 Å². The number of hydrogen-bond donors (Lipinski definition) is 0. The van der Waals surface area contributed by atoms with Crippen LogP contribution < -0.4 is 0 Å². The summed E-state index contributed by atoms with van der Waals surface area (Å²) in [6.45, 7) is 0. The molecule has 0 radical (unpaired) electrons. The molecule has 0 aromatic heterocycles. The summed E-state index contributed by atoms with van der Waals surface area (Å²) in [6.07, 6.45) is 0. The SMILES string of the molecule is O=[N+]([O-])c1cc(F)cc(F)c1I. The molecule has 0 fully saturated rings. The van der Waals surface area contributed by atoms with E-state index in [0.717, 1.165) is 0 Å². The molecule has 1 aromatic rings. The lowest BCUT2D eigenvalue weighted by Crippen LogP contribution is -1.95. The van der Waals surface area contributed by atoms with Gasteiger partial charge in [0, 0.05) is 6.07 Å². The fourth-order valence-corrected chi connectivity index (χ4v) is 1.18. The zero-order valence-electron chi connectivity index (χ0n) is 5.55. The van der Waals surface area contributed by atoms with E-state index >= 15 is 0 Å². The Kier molecular flexibility index (Phi) is 2.55. The minimum absolute atomic E-state index is 0.181. The van der Waals surface area contributed by atoms with Crippen LogP contribution in [0.5, 0.6) is 0 Å². The molecule has 0 aliphatic rings. The van der Waals surface area contributed by atoms with E-state index in [0.29, 0.717) is 12.1 Å². The summed E-state index contributed by atoms with van der Waals surface area (Å²) in [5.74, 6) is -1.86. The standard InChI is InChI=1S/C6H2F2INO2/c7-3-1-4(8)6(9)5(2-3)10(11)12/h1-2H. The summed E-state index contributed by atoms with van der Waals surface area (Å²) in [5, 5.41) is 10.2. The number of nitro benzene ring substituents is 1. The molecule has 0 unspecified atom stereocenters. The monoisotopic (exact) mass is 285 g/mol. The third-order valence-electron chi connectivity index (χ3n) is 1.17. The van der Waals surface area contributed by atoms with Gasteiger partial charge in [0.2, 0.25) is 0 Å². The minimum atomic E-state index is -0.945. The van der Waals surface area contributed by atoms with Gasteiger partial charge in [-0.05, 0) is 22.6 Å². The van der Waals surface area contributed by atoms with E-state index < -0.39 is 22.2 Å². The number of rotatable bonds is 1. The quantitative estimate of drug-likeness (QED) is 0.344. The normalized spacial score (nSPS) is 9.92. The highest BCUT2D eigenvalue weighted by Gasteiger charge is 2.17. The Bertz CT molecular complexity index is 343. The second-order valence-electron chi connectivity index (χ2n) is 1.98. The van der Waals surface area contributed by atoms with Crippen LogP contribution in [0.2, 0.25) is 0 Å². The summed E-state index contributed by atoms with van der Waals surface area (Å²) < 4.78 is 24.9. The van der Waals surface area contributed by atoms with Crippen molar-refractivity contribution in [2.24, 2.45) is 0 Å². The summed E-state index contributed by atoms with van der Waals surface area (Å²) in [6, 6.07) is 1.29. The summed E-state index contributed by atoms with van der Waals surface area (Å²) >= 11 is 1.45. The third kappa shape index (κ3) is 1.68. The Labute approximate surface area is 79.7 Å². The van der Waals surface area contributed by atoms with Gasteiger partial charge in [-0.2, -0.15) is 0 Å². The van der Waals surface area contributed by atoms with E-state index in [9.17, 15) is 18.9 Å². The van der Waals surface area contributed by atoms with Gasteiger partial charge in [0.05, 0.1) is 11.0 Å². The lowest BCUT2D eigenvalue weighted by molar-refractivity contribution is -0.386. The summed E-state index contributed by atoms with van der Waals surface area (Å²) in [4.78, 5) is 9.37. The van der Waals surface area contributed by atoms with Crippen molar-refractivity contribution >= 4 is 28.3 Å². The van der Waals surface area contributed by atoms with Gasteiger partial charge in [0.15, 0.2) is 0 Å². The van der Waals surface area contributed by atoms with Gasteiger partial charge in [-0.1, -0.05) is 0 Å². The molecular formula is C6H2F2INO2. The van der Waals surface area contributed by atoms with Gasteiger partial charge >= 0.3 is 0 Å². The van der Waals surface area contributed by atoms with Crippen molar-refractivity contribution in [2.45, 2.75) is 0 Å². The predicted molar refractivity (Wildman–Crippen MR) is 45.7 cm³/mol. The van der Waals surface area contributed by atoms with Crippen molar-refractivity contribution in [2.75, 3.05) is 0 Å². The highest BCUT2D eigenvalue weighted by atomic mass is 127. The van der Waals surface area contributed by atoms with E-state index in [-0.39, 0.29) is 3.57 Å². The molecule has 1 aromatic carbocycles. The maximum absolute atomic E-state index is 12.6. The van der Waals surface area contributed by atoms with Crippen LogP contribution in [0.15, 0.2) is 12.1 Å². The van der Waals surface area contributed by atoms with Crippen LogP contribution in [-0.2, 0) is 0 Å². The van der Waals surface area contributed by atoms with Crippen molar-refractivity contribution in [3.8, 4) is 0 Å². The maximum Gasteiger partial charge on any atom is 0.288 e. The number of nitro groups is 1. The molecule has 0 heterocycles. The van der Waals surface area contributed by atoms with Crippen LogP contribution in [0.4, 0.5) is 14.5 Å². The first-order valence-corrected chi connectivity index (χ1v) is 3.89. The van der Waals surface area contributed by atoms with Crippen molar-refractivity contribution in [1.82, 2.24) is 0 Å². The second-order valence-corrected chi connectivity index (χ2v) is 3.06. The fourth-order valence-electron chi connectivity index (χ4n) is 0.675. The Hall–Kier alpha value is -0.790. The number of hydrogen-bond acceptors (Lipinski definition) is 2. The highest BCUT2D eigenvalue weighted by molar-refractivity contribution is 14.1. The summed E-state index contributed by atoms with van der Waals surface area (Å²) in [7, 11) is 0. The maximum atomic E-state index is 12.6. The van der Waals surface area contributed by atoms with Gasteiger partial charge in [-0.15, -0.1) is 0 Å². The molecule has 0 bridgehead atoms. The molecule has 0 amide bonds. The average Bonchev–Trinajstić information content (AvgIpc) is 1.96. The zero-order valence-corrected chi connectivity index (χ0v) is 7.71. The van der Waals surface area contributed by atoms with E-state index in [1.165, 1.54) is 22.6 Å². The first kappa shape index (κ1) is 9.30. The molecule has 6 heteroatoms. The first-order chi connectivity index (χ1) is 5.52. The molecular weight excluding hydrogens is 283 g/mol. The molecule has 12 heavy (non-hydrogen) atoms. The average molecular weight is 285 g/mol. The zero-order chi connectivity index (χ0) is 9.30. The van der Waals surface area contributed by atoms with Gasteiger partial charge in [0.1, 0.15) is 15.2 Å². The second kappa shape index (κ2) is 3.30. The van der Waals surface area contributed by atoms with Gasteiger partial charge in [-0.25, -0.2) is 8.78 Å². The molecule has 0 saturated heterocycles. The number of halogens is 3. The molecule has 0 saturated carbocycles. The van der Waals surface area contributed by atoms with Gasteiger partial charge in [-0.3, -0.25) is 10.1 Å². The predicted octanol–water partition coefficient (Wildman–Crippen LogP) is 2.48. The number of nitrogens with zero attached hydrogens (tertiary/aromatic N) is 1. The fraction of sp³-hybridized carbons (Fsp3) is 0. The molecule has 0 aliphatic carbocycles. The molecule has 0 aliphatic heterocycles. The minimum Gasteiger partial charge on any atom is -0.258 e. The van der Waals surface area contributed by atoms with Crippen molar-refractivity contribution < 1.29 is 13.7 Å². The molecule has 1 rings (SSSR count). The Morgan fingerprint density at radius 2 is 2.00 bits per heavy atom. The van der Waals surface area contributed by atoms with Crippen LogP contribution in [0.1, 0.15) is 0 Å². The van der Waals surface area contributed by atoms with Gasteiger partial charge < -0.3 is 0 Å². The van der Waals surface area contributed by atoms with E-state index in [1.54, 1.807) is 0 Å². The van der Waals surface area contributed by atoms with Crippen molar-refractivity contribution in [1.29, 1.82) is 0 Å². The lowest BCUT2D eigenvalue weighted by atomic mass is 10.3. The Balaban J connectivity index is 3.37. The first-order valence-electron chi connectivity index (χ1n) is 2.81. The van der Waals surface area contributed by atoms with Crippen molar-refractivity contribution in [3.63, 3.8) is 0 Å². The van der Waals surface area contributed by atoms with Crippen LogP contribution in [0.25, 0.3) is 0 Å². The third-order valence-corrected chi connectivity index (χ3v) is 2.24. The van der Waals surface area contributed by atoms with Gasteiger partial charge in [0.25, 0.3) is 5.69 Å². The van der Waals surface area contributed by atoms with Crippen LogP contribution in [-0.4, -0.2) is 4.92 Å². The summed E-state index contributed by atoms with van der Waals surface area (Å²) in [5.41, 5.74) is -0.548. The van der Waals surface area contributed by atoms with E-state index in [2.05, 4.69) is 0 Å². The Morgan fingerprint density at radius 3 is 2.50 bits per heavy atom. The van der Waals surface area contributed by atoms with Crippen LogP contribution >= 0.6 is 22.6 Å². The molecule has 0 spiro atoms. The largest absolute Gasteiger partial charge is 0.288 e. The van der Waals surface area contributed by atoms with Crippen LogP contribution in [0, 0.1) is 25.3 Å². The number of benzene rings is 1. The molecule has 0 atom stereocenters. The topological polar surface area (TPSA) is 43.1 Å². The van der Waals surface area contributed by atoms with E-state index in [4.69, 9.17) is 0 Å². The molecule has 64 valence electrons. The highest BCUT2D eigenvalue weighted by Crippen LogP contribution is 2.24. The lowest BCUT2D eigenvalue weighted by Gasteiger charge is -1.96. The van der Waals surface area contributed by atoms with Crippen LogP contribution in [0.3, 0.4) is 0 Å². The molecule has 0 N–H and O–H groups in total. The Morgan fingerprint density at radius 1 is 1.42 bits per heavy atom. The van der Waals surface area contributed by atoms with E-state index in [1.807, 2.05) is 0 Å².